The van der Waals surface area contributed by atoms with Crippen molar-refractivity contribution in [3.8, 4) is 5.75 Å². The van der Waals surface area contributed by atoms with Crippen LogP contribution in [-0.4, -0.2) is 38.4 Å². The molecule has 1 aromatic rings. The minimum Gasteiger partial charge on any atom is -0.493 e. The molecule has 0 bridgehead atoms. The molecule has 1 aliphatic rings. The summed E-state index contributed by atoms with van der Waals surface area (Å²) in [7, 11) is 0. The second-order valence-corrected chi connectivity index (χ2v) is 6.71. The van der Waals surface area contributed by atoms with E-state index in [-0.39, 0.29) is 0 Å². The summed E-state index contributed by atoms with van der Waals surface area (Å²) >= 11 is 0. The normalized spacial score (nSPS) is 26.6. The highest BCUT2D eigenvalue weighted by molar-refractivity contribution is 5.35. The van der Waals surface area contributed by atoms with Crippen LogP contribution in [0.4, 0.5) is 0 Å². The molecule has 1 N–H and O–H groups in total. The first kappa shape index (κ1) is 17.3. The van der Waals surface area contributed by atoms with Gasteiger partial charge < -0.3 is 14.4 Å². The lowest BCUT2D eigenvalue weighted by atomic mass is 9.98. The van der Waals surface area contributed by atoms with Crippen LogP contribution in [0.3, 0.4) is 0 Å². The molecule has 1 fully saturated rings. The molecule has 3 atom stereocenters. The monoisotopic (exact) mass is 306 g/mol. The maximum atomic E-state index is 6.06. The summed E-state index contributed by atoms with van der Waals surface area (Å²) in [5, 5.41) is 0. The van der Waals surface area contributed by atoms with E-state index in [1.54, 1.807) is 4.90 Å². The van der Waals surface area contributed by atoms with Gasteiger partial charge in [0.05, 0.1) is 13.2 Å². The van der Waals surface area contributed by atoms with Crippen molar-refractivity contribution < 1.29 is 14.4 Å². The lowest BCUT2D eigenvalue weighted by Gasteiger charge is -2.32. The Morgan fingerprint density at radius 3 is 2.59 bits per heavy atom. The first-order chi connectivity index (χ1) is 10.6. The average molecular weight is 306 g/mol. The quantitative estimate of drug-likeness (QED) is 0.783. The molecule has 0 radical (unpaired) electrons. The zero-order chi connectivity index (χ0) is 15.9. The highest BCUT2D eigenvalue weighted by Crippen LogP contribution is 2.28. The van der Waals surface area contributed by atoms with Gasteiger partial charge in [-0.15, -0.1) is 0 Å². The largest absolute Gasteiger partial charge is 0.493 e. The highest BCUT2D eigenvalue weighted by atomic mass is 16.5. The van der Waals surface area contributed by atoms with Crippen LogP contribution in [-0.2, 0) is 4.74 Å². The van der Waals surface area contributed by atoms with Gasteiger partial charge in [-0.1, -0.05) is 32.0 Å². The van der Waals surface area contributed by atoms with E-state index in [0.29, 0.717) is 18.1 Å². The van der Waals surface area contributed by atoms with Crippen molar-refractivity contribution in [2.45, 2.75) is 58.7 Å². The van der Waals surface area contributed by atoms with Crippen LogP contribution in [0.2, 0.25) is 0 Å². The maximum absolute atomic E-state index is 6.06. The molecule has 22 heavy (non-hydrogen) atoms. The molecule has 0 aliphatic carbocycles. The molecular weight excluding hydrogens is 274 g/mol. The van der Waals surface area contributed by atoms with Gasteiger partial charge in [0.25, 0.3) is 0 Å². The third-order valence-electron chi connectivity index (χ3n) is 4.61. The maximum Gasteiger partial charge on any atom is 0.122 e. The predicted molar refractivity (Wildman–Crippen MR) is 90.8 cm³/mol. The van der Waals surface area contributed by atoms with E-state index in [4.69, 9.17) is 9.47 Å². The van der Waals surface area contributed by atoms with Gasteiger partial charge in [0.1, 0.15) is 31.0 Å². The van der Waals surface area contributed by atoms with E-state index in [1.165, 1.54) is 12.1 Å². The van der Waals surface area contributed by atoms with Gasteiger partial charge in [-0.25, -0.2) is 0 Å². The summed E-state index contributed by atoms with van der Waals surface area (Å²) in [6.45, 7) is 13.1. The molecule has 1 aromatic carbocycles. The van der Waals surface area contributed by atoms with Crippen molar-refractivity contribution in [2.24, 2.45) is 0 Å². The van der Waals surface area contributed by atoms with Crippen LogP contribution >= 0.6 is 0 Å². The molecule has 1 saturated heterocycles. The fourth-order valence-corrected chi connectivity index (χ4v) is 3.34. The molecule has 0 saturated carbocycles. The van der Waals surface area contributed by atoms with Gasteiger partial charge in [0.15, 0.2) is 0 Å². The van der Waals surface area contributed by atoms with Crippen molar-refractivity contribution in [1.29, 1.82) is 0 Å². The lowest BCUT2D eigenvalue weighted by molar-refractivity contribution is -0.915. The zero-order valence-electron chi connectivity index (χ0n) is 14.6. The van der Waals surface area contributed by atoms with E-state index < -0.39 is 0 Å². The summed E-state index contributed by atoms with van der Waals surface area (Å²) in [4.78, 5) is 1.64. The SMILES string of the molecule is CC[C@@H](C)c1ccccc1OCCC[NH+]1C[C@@H](C)O[C@H](C)C1. The number of nitrogens with one attached hydrogen (secondary N) is 1. The Morgan fingerprint density at radius 1 is 1.23 bits per heavy atom. The summed E-state index contributed by atoms with van der Waals surface area (Å²) < 4.78 is 11.9. The molecule has 2 rings (SSSR count). The Balaban J connectivity index is 1.77. The number of benzene rings is 1. The Bertz CT molecular complexity index is 439. The van der Waals surface area contributed by atoms with E-state index in [2.05, 4.69) is 52.0 Å². The first-order valence-electron chi connectivity index (χ1n) is 8.80. The van der Waals surface area contributed by atoms with Crippen LogP contribution in [0.1, 0.15) is 52.0 Å². The fraction of sp³-hybridized carbons (Fsp3) is 0.684. The number of hydrogen-bond acceptors (Lipinski definition) is 2. The smallest absolute Gasteiger partial charge is 0.122 e. The topological polar surface area (TPSA) is 22.9 Å². The van der Waals surface area contributed by atoms with Crippen LogP contribution in [0.5, 0.6) is 5.75 Å². The number of quaternary nitrogens is 1. The molecule has 124 valence electrons. The van der Waals surface area contributed by atoms with Crippen molar-refractivity contribution in [1.82, 2.24) is 0 Å². The molecule has 3 nitrogen and oxygen atoms in total. The minimum atomic E-state index is 0.380. The molecule has 0 spiro atoms. The molecule has 3 heteroatoms. The third-order valence-corrected chi connectivity index (χ3v) is 4.61. The molecular formula is C19H32NO2+. The minimum absolute atomic E-state index is 0.380. The Kier molecular flexibility index (Phi) is 6.71. The summed E-state index contributed by atoms with van der Waals surface area (Å²) in [5.74, 6) is 1.62. The molecule has 0 unspecified atom stereocenters. The van der Waals surface area contributed by atoms with Crippen LogP contribution in [0.25, 0.3) is 0 Å². The van der Waals surface area contributed by atoms with E-state index in [1.807, 2.05) is 0 Å². The van der Waals surface area contributed by atoms with E-state index in [0.717, 1.165) is 38.3 Å². The molecule has 1 aliphatic heterocycles. The van der Waals surface area contributed by atoms with Crippen molar-refractivity contribution in [3.05, 3.63) is 29.8 Å². The van der Waals surface area contributed by atoms with Crippen molar-refractivity contribution in [3.63, 3.8) is 0 Å². The number of hydrogen-bond donors (Lipinski definition) is 1. The van der Waals surface area contributed by atoms with Gasteiger partial charge >= 0.3 is 0 Å². The van der Waals surface area contributed by atoms with Gasteiger partial charge in [-0.05, 0) is 37.8 Å². The van der Waals surface area contributed by atoms with Crippen molar-refractivity contribution in [2.75, 3.05) is 26.2 Å². The first-order valence-corrected chi connectivity index (χ1v) is 8.80. The van der Waals surface area contributed by atoms with Crippen molar-refractivity contribution >= 4 is 0 Å². The second kappa shape index (κ2) is 8.54. The summed E-state index contributed by atoms with van der Waals surface area (Å²) in [6, 6.07) is 8.47. The van der Waals surface area contributed by atoms with E-state index in [9.17, 15) is 0 Å². The van der Waals surface area contributed by atoms with Gasteiger partial charge in [-0.3, -0.25) is 0 Å². The third kappa shape index (κ3) is 4.99. The number of ether oxygens (including phenoxy) is 2. The molecule has 1 heterocycles. The van der Waals surface area contributed by atoms with Crippen LogP contribution < -0.4 is 9.64 Å². The number of morpholine rings is 1. The van der Waals surface area contributed by atoms with E-state index >= 15 is 0 Å². The van der Waals surface area contributed by atoms with Crippen LogP contribution in [0, 0.1) is 0 Å². The van der Waals surface area contributed by atoms with Gasteiger partial charge in [0.2, 0.25) is 0 Å². The van der Waals surface area contributed by atoms with Crippen LogP contribution in [0.15, 0.2) is 24.3 Å². The van der Waals surface area contributed by atoms with Gasteiger partial charge in [-0.2, -0.15) is 0 Å². The number of para-hydroxylation sites is 1. The number of rotatable bonds is 7. The summed E-state index contributed by atoms with van der Waals surface area (Å²) in [5.41, 5.74) is 1.34. The zero-order valence-corrected chi connectivity index (χ0v) is 14.6. The molecule has 0 aromatic heterocycles. The Morgan fingerprint density at radius 2 is 1.91 bits per heavy atom. The van der Waals surface area contributed by atoms with Gasteiger partial charge in [0, 0.05) is 6.42 Å². The average Bonchev–Trinajstić information content (AvgIpc) is 2.50. The lowest BCUT2D eigenvalue weighted by Crippen LogP contribution is -3.15. The fourth-order valence-electron chi connectivity index (χ4n) is 3.34. The molecule has 0 amide bonds. The summed E-state index contributed by atoms with van der Waals surface area (Å²) in [6.07, 6.45) is 3.01. The Hall–Kier alpha value is -1.06. The highest BCUT2D eigenvalue weighted by Gasteiger charge is 2.24. The Labute approximate surface area is 135 Å². The standard InChI is InChI=1S/C19H31NO2/c1-5-15(2)18-9-6-7-10-19(18)21-12-8-11-20-13-16(3)22-17(4)14-20/h6-7,9-10,15-17H,5,8,11-14H2,1-4H3/p+1/t15-,16-,17-/m1/s1. The second-order valence-electron chi connectivity index (χ2n) is 6.71. The predicted octanol–water partition coefficient (Wildman–Crippen LogP) is 2.66.